The summed E-state index contributed by atoms with van der Waals surface area (Å²) in [5, 5.41) is 2.34. The molecule has 0 spiro atoms. The number of aromatic amines is 2. The van der Waals surface area contributed by atoms with E-state index in [-0.39, 0.29) is 12.3 Å². The summed E-state index contributed by atoms with van der Waals surface area (Å²) in [7, 11) is 1.50. The average molecular weight is 305 g/mol. The van der Waals surface area contributed by atoms with Crippen LogP contribution < -0.4 is 26.0 Å². The molecule has 1 amide bonds. The number of H-pyrrole nitrogens is 2. The molecule has 0 fully saturated rings. The second-order valence-corrected chi connectivity index (χ2v) is 4.48. The summed E-state index contributed by atoms with van der Waals surface area (Å²) in [6, 6.07) is 5.29. The van der Waals surface area contributed by atoms with Crippen molar-refractivity contribution in [1.82, 2.24) is 9.97 Å². The molecule has 116 valence electrons. The van der Waals surface area contributed by atoms with Crippen LogP contribution in [0.4, 0.5) is 5.69 Å². The molecular weight excluding hydrogens is 290 g/mol. The summed E-state index contributed by atoms with van der Waals surface area (Å²) in [5.41, 5.74) is -0.411. The minimum Gasteiger partial charge on any atom is -0.493 e. The van der Waals surface area contributed by atoms with Crippen molar-refractivity contribution in [3.8, 4) is 11.5 Å². The van der Waals surface area contributed by atoms with Crippen molar-refractivity contribution in [1.29, 1.82) is 0 Å². The number of aromatic nitrogens is 2. The second kappa shape index (κ2) is 6.61. The monoisotopic (exact) mass is 305 g/mol. The number of ether oxygens (including phenoxy) is 2. The van der Waals surface area contributed by atoms with Gasteiger partial charge in [0.1, 0.15) is 5.69 Å². The molecule has 0 saturated heterocycles. The van der Waals surface area contributed by atoms with E-state index in [1.54, 1.807) is 12.1 Å². The maximum atomic E-state index is 11.8. The van der Waals surface area contributed by atoms with E-state index in [4.69, 9.17) is 9.47 Å². The molecule has 0 radical (unpaired) electrons. The highest BCUT2D eigenvalue weighted by molar-refractivity contribution is 5.91. The van der Waals surface area contributed by atoms with Crippen LogP contribution in [0.5, 0.6) is 11.5 Å². The van der Waals surface area contributed by atoms with Crippen molar-refractivity contribution in [2.24, 2.45) is 0 Å². The highest BCUT2D eigenvalue weighted by Gasteiger charge is 2.10. The highest BCUT2D eigenvalue weighted by Crippen LogP contribution is 2.27. The first-order valence-electron chi connectivity index (χ1n) is 6.39. The number of amides is 1. The minimum absolute atomic E-state index is 0.0657. The second-order valence-electron chi connectivity index (χ2n) is 4.48. The minimum atomic E-state index is -0.690. The van der Waals surface area contributed by atoms with Crippen LogP contribution in [0.3, 0.4) is 0 Å². The number of hydrogen-bond donors (Lipinski definition) is 3. The van der Waals surface area contributed by atoms with Gasteiger partial charge < -0.3 is 19.8 Å². The SMILES string of the molecule is COc1cc(C)ccc1OCC(=O)Nc1c[nH]c(=O)[nH]c1=O. The Morgan fingerprint density at radius 1 is 1.27 bits per heavy atom. The predicted molar refractivity (Wildman–Crippen MR) is 79.5 cm³/mol. The topological polar surface area (TPSA) is 113 Å². The molecule has 0 aliphatic rings. The lowest BCUT2D eigenvalue weighted by Crippen LogP contribution is -2.28. The number of rotatable bonds is 5. The molecule has 3 N–H and O–H groups in total. The summed E-state index contributed by atoms with van der Waals surface area (Å²) < 4.78 is 10.5. The zero-order valence-corrected chi connectivity index (χ0v) is 12.1. The van der Waals surface area contributed by atoms with E-state index >= 15 is 0 Å². The Balaban J connectivity index is 2.01. The lowest BCUT2D eigenvalue weighted by Gasteiger charge is -2.11. The van der Waals surface area contributed by atoms with E-state index in [1.807, 2.05) is 18.0 Å². The average Bonchev–Trinajstić information content (AvgIpc) is 2.48. The molecule has 1 aromatic heterocycles. The summed E-state index contributed by atoms with van der Waals surface area (Å²) in [4.78, 5) is 38.3. The van der Waals surface area contributed by atoms with Crippen molar-refractivity contribution in [3.63, 3.8) is 0 Å². The molecule has 0 bridgehead atoms. The number of carbonyl (C=O) groups excluding carboxylic acids is 1. The number of hydrogen-bond acceptors (Lipinski definition) is 5. The van der Waals surface area contributed by atoms with Crippen molar-refractivity contribution in [2.45, 2.75) is 6.92 Å². The van der Waals surface area contributed by atoms with Crippen molar-refractivity contribution < 1.29 is 14.3 Å². The van der Waals surface area contributed by atoms with Gasteiger partial charge in [0.15, 0.2) is 18.1 Å². The Kier molecular flexibility index (Phi) is 4.62. The summed E-state index contributed by atoms with van der Waals surface area (Å²) in [6.45, 7) is 1.60. The number of aryl methyl sites for hydroxylation is 1. The van der Waals surface area contributed by atoms with Crippen LogP contribution in [0.2, 0.25) is 0 Å². The van der Waals surface area contributed by atoms with Gasteiger partial charge in [0, 0.05) is 6.20 Å². The summed E-state index contributed by atoms with van der Waals surface area (Å²) in [6.07, 6.45) is 1.12. The van der Waals surface area contributed by atoms with Crippen LogP contribution in [0.1, 0.15) is 5.56 Å². The third-order valence-corrected chi connectivity index (χ3v) is 2.77. The van der Waals surface area contributed by atoms with Crippen LogP contribution in [-0.4, -0.2) is 29.6 Å². The smallest absolute Gasteiger partial charge is 0.325 e. The van der Waals surface area contributed by atoms with Gasteiger partial charge in [-0.05, 0) is 24.6 Å². The maximum Gasteiger partial charge on any atom is 0.325 e. The van der Waals surface area contributed by atoms with Gasteiger partial charge >= 0.3 is 5.69 Å². The Morgan fingerprint density at radius 2 is 2.05 bits per heavy atom. The highest BCUT2D eigenvalue weighted by atomic mass is 16.5. The molecule has 1 aromatic carbocycles. The zero-order chi connectivity index (χ0) is 16.1. The van der Waals surface area contributed by atoms with Crippen molar-refractivity contribution >= 4 is 11.6 Å². The van der Waals surface area contributed by atoms with Crippen LogP contribution in [0.25, 0.3) is 0 Å². The van der Waals surface area contributed by atoms with Crippen molar-refractivity contribution in [2.75, 3.05) is 19.0 Å². The molecule has 1 heterocycles. The molecule has 0 saturated carbocycles. The van der Waals surface area contributed by atoms with E-state index in [1.165, 1.54) is 7.11 Å². The van der Waals surface area contributed by atoms with Gasteiger partial charge in [-0.3, -0.25) is 14.6 Å². The third-order valence-electron chi connectivity index (χ3n) is 2.77. The summed E-state index contributed by atoms with van der Waals surface area (Å²) in [5.74, 6) is 0.383. The molecule has 0 unspecified atom stereocenters. The predicted octanol–water partition coefficient (Wildman–Crippen LogP) is 0.398. The number of nitrogens with one attached hydrogen (secondary N) is 3. The van der Waals surface area contributed by atoms with E-state index in [2.05, 4.69) is 10.3 Å². The Bertz CT molecular complexity index is 794. The molecule has 8 heteroatoms. The fourth-order valence-electron chi connectivity index (χ4n) is 1.73. The largest absolute Gasteiger partial charge is 0.493 e. The van der Waals surface area contributed by atoms with Gasteiger partial charge in [-0.2, -0.15) is 0 Å². The Morgan fingerprint density at radius 3 is 2.73 bits per heavy atom. The van der Waals surface area contributed by atoms with Crippen LogP contribution in [0.15, 0.2) is 34.0 Å². The van der Waals surface area contributed by atoms with Crippen LogP contribution in [0, 0.1) is 6.92 Å². The quantitative estimate of drug-likeness (QED) is 0.740. The van der Waals surface area contributed by atoms with Gasteiger partial charge in [-0.15, -0.1) is 0 Å². The third kappa shape index (κ3) is 3.75. The first-order chi connectivity index (χ1) is 10.5. The van der Waals surface area contributed by atoms with E-state index < -0.39 is 17.2 Å². The normalized spacial score (nSPS) is 10.1. The van der Waals surface area contributed by atoms with Gasteiger partial charge in [0.25, 0.3) is 11.5 Å². The molecule has 22 heavy (non-hydrogen) atoms. The van der Waals surface area contributed by atoms with E-state index in [9.17, 15) is 14.4 Å². The first kappa shape index (κ1) is 15.4. The molecule has 2 rings (SSSR count). The number of carbonyl (C=O) groups is 1. The van der Waals surface area contributed by atoms with Gasteiger partial charge in [-0.25, -0.2) is 4.79 Å². The first-order valence-corrected chi connectivity index (χ1v) is 6.39. The molecule has 2 aromatic rings. The van der Waals surface area contributed by atoms with Crippen molar-refractivity contribution in [3.05, 3.63) is 50.8 Å². The van der Waals surface area contributed by atoms with Gasteiger partial charge in [-0.1, -0.05) is 6.07 Å². The van der Waals surface area contributed by atoms with Gasteiger partial charge in [0.05, 0.1) is 7.11 Å². The molecule has 0 atom stereocenters. The molecule has 0 aliphatic carbocycles. The molecule has 0 aliphatic heterocycles. The molecular formula is C14H15N3O5. The standard InChI is InChI=1S/C14H15N3O5/c1-8-3-4-10(11(5-8)21-2)22-7-12(18)16-9-6-15-14(20)17-13(9)19/h3-6H,7H2,1-2H3,(H,16,18)(H2,15,17,19,20). The fourth-order valence-corrected chi connectivity index (χ4v) is 1.73. The van der Waals surface area contributed by atoms with Crippen LogP contribution in [-0.2, 0) is 4.79 Å². The fraction of sp³-hybridized carbons (Fsp3) is 0.214. The Labute approximate surface area is 125 Å². The molecule has 8 nitrogen and oxygen atoms in total. The van der Waals surface area contributed by atoms with E-state index in [0.717, 1.165) is 11.8 Å². The van der Waals surface area contributed by atoms with Crippen LogP contribution >= 0.6 is 0 Å². The Hall–Kier alpha value is -3.03. The lowest BCUT2D eigenvalue weighted by molar-refractivity contribution is -0.118. The number of anilines is 1. The van der Waals surface area contributed by atoms with Gasteiger partial charge in [0.2, 0.25) is 0 Å². The number of benzene rings is 1. The van der Waals surface area contributed by atoms with E-state index in [0.29, 0.717) is 11.5 Å². The zero-order valence-electron chi connectivity index (χ0n) is 12.1. The lowest BCUT2D eigenvalue weighted by atomic mass is 10.2. The summed E-state index contributed by atoms with van der Waals surface area (Å²) >= 11 is 0. The number of methoxy groups -OCH3 is 1. The maximum absolute atomic E-state index is 11.8.